The summed E-state index contributed by atoms with van der Waals surface area (Å²) in [6.07, 6.45) is 0. The summed E-state index contributed by atoms with van der Waals surface area (Å²) in [6.45, 7) is 0. The normalized spacial score (nSPS) is 12.0. The summed E-state index contributed by atoms with van der Waals surface area (Å²) in [4.78, 5) is 0. The van der Waals surface area contributed by atoms with Crippen LogP contribution in [0.5, 0.6) is 0 Å². The molecule has 2 N–H and O–H groups in total. The van der Waals surface area contributed by atoms with Gasteiger partial charge in [-0.1, -0.05) is 0 Å². The van der Waals surface area contributed by atoms with Crippen LogP contribution in [0.1, 0.15) is 0 Å². The first-order valence-electron chi connectivity index (χ1n) is 0.783. The van der Waals surface area contributed by atoms with Gasteiger partial charge in [-0.15, -0.1) is 0 Å². The van der Waals surface area contributed by atoms with Crippen molar-refractivity contribution in [1.29, 1.82) is 0 Å². The van der Waals surface area contributed by atoms with Crippen molar-refractivity contribution >= 4 is 12.8 Å². The smallest absolute Gasteiger partial charge is 0.133 e. The summed E-state index contributed by atoms with van der Waals surface area (Å²) >= 11 is 2.62. The minimum Gasteiger partial charge on any atom is -0.552 e. The number of hydrogen-bond donors (Lipinski definition) is 3. The topological polar surface area (TPSA) is 63.5 Å². The molecule has 0 bridgehead atoms. The Hall–Kier alpha value is 0.190. The first-order valence-corrected chi connectivity index (χ1v) is 1.18. The largest absolute Gasteiger partial charge is 0.552 e. The zero-order valence-corrected chi connectivity index (χ0v) is 3.09. The van der Waals surface area contributed by atoms with E-state index in [0.717, 1.165) is 0 Å². The van der Waals surface area contributed by atoms with E-state index in [1.165, 1.54) is 0 Å². The maximum Gasteiger partial charge on any atom is 0.133 e. The predicted octanol–water partition coefficient (Wildman–Crippen LogP) is -0.0758. The van der Waals surface area contributed by atoms with E-state index in [1.54, 1.807) is 0 Å². The van der Waals surface area contributed by atoms with Gasteiger partial charge in [0.15, 0.2) is 0 Å². The molecular weight excluding hydrogens is 94.1 g/mol. The third-order valence-electron chi connectivity index (χ3n) is 0. The van der Waals surface area contributed by atoms with Crippen molar-refractivity contribution in [2.24, 2.45) is 0 Å². The molecule has 0 aromatic carbocycles. The van der Waals surface area contributed by atoms with Crippen molar-refractivity contribution < 1.29 is 14.8 Å². The Kier molecular flexibility index (Phi) is 1.16. The second-order valence-corrected chi connectivity index (χ2v) is 1.03. The number of rotatable bonds is 0. The summed E-state index contributed by atoms with van der Waals surface area (Å²) in [5, 5.41) is 23.7. The lowest BCUT2D eigenvalue weighted by Crippen LogP contribution is -2.19. The van der Waals surface area contributed by atoms with Crippen LogP contribution in [0.2, 0.25) is 0 Å². The van der Waals surface area contributed by atoms with Crippen LogP contribution >= 0.6 is 12.8 Å². The van der Waals surface area contributed by atoms with Crippen molar-refractivity contribution in [2.45, 2.75) is 0 Å². The molecule has 4 nitrogen and oxygen atoms in total. The Morgan fingerprint density at radius 1 is 1.60 bits per heavy atom. The molecule has 0 radical (unpaired) electrons. The minimum absolute atomic E-state index is 2.56. The highest BCUT2D eigenvalue weighted by Crippen LogP contribution is 1.91. The van der Waals surface area contributed by atoms with E-state index < -0.39 is 4.38 Å². The summed E-state index contributed by atoms with van der Waals surface area (Å²) < 4.78 is -2.56. The van der Waals surface area contributed by atoms with E-state index in [1.807, 2.05) is 0 Å². The highest BCUT2D eigenvalue weighted by Gasteiger charge is 1.92. The molecule has 32 valence electrons. The first-order chi connectivity index (χ1) is 2.00. The molecule has 0 aliphatic heterocycles. The molecule has 0 aliphatic carbocycles. The Morgan fingerprint density at radius 2 is 1.60 bits per heavy atom. The number of thiol groups is 1. The van der Waals surface area contributed by atoms with E-state index in [9.17, 15) is 0 Å². The molecule has 0 heterocycles. The van der Waals surface area contributed by atoms with Gasteiger partial charge in [-0.2, -0.15) is 10.4 Å². The first kappa shape index (κ1) is 5.19. The molecule has 0 aliphatic rings. The van der Waals surface area contributed by atoms with Crippen molar-refractivity contribution in [1.82, 2.24) is 0 Å². The molecule has 0 atom stereocenters. The van der Waals surface area contributed by atoms with Gasteiger partial charge in [-0.05, 0) is 4.38 Å². The second kappa shape index (κ2) is 1.11. The van der Waals surface area contributed by atoms with Crippen LogP contribution in [-0.4, -0.2) is 14.8 Å². The second-order valence-electron chi connectivity index (χ2n) is 0.513. The Labute approximate surface area is 33.9 Å². The predicted molar refractivity (Wildman–Crippen MR) is 16.2 cm³/mol. The third kappa shape index (κ3) is 557. The molecule has 0 saturated heterocycles. The standard InChI is InChI=1S/H3NO3S/c2-1(3,4)5/h2-3,5H. The molecule has 0 unspecified atom stereocenters. The molecule has 0 aromatic heterocycles. The summed E-state index contributed by atoms with van der Waals surface area (Å²) in [7, 11) is 0. The van der Waals surface area contributed by atoms with Gasteiger partial charge >= 0.3 is 0 Å². The van der Waals surface area contributed by atoms with Crippen LogP contribution in [0, 0.1) is 5.21 Å². The van der Waals surface area contributed by atoms with Crippen molar-refractivity contribution in [2.75, 3.05) is 0 Å². The Bertz CT molecular complexity index is 22.4. The monoisotopic (exact) mass is 97.0 g/mol. The number of hydrogen-bond acceptors (Lipinski definition) is 4. The van der Waals surface area contributed by atoms with Gasteiger partial charge in [-0.25, -0.2) is 0 Å². The van der Waals surface area contributed by atoms with Gasteiger partial charge in [0.2, 0.25) is 0 Å². The average molecular weight is 97.1 g/mol. The maximum absolute atomic E-state index is 9.02. The molecule has 0 saturated carbocycles. The fourth-order valence-corrected chi connectivity index (χ4v) is 0. The van der Waals surface area contributed by atoms with Gasteiger partial charge in [0.05, 0.1) is 0 Å². The van der Waals surface area contributed by atoms with E-state index in [0.29, 0.717) is 0 Å². The zero-order chi connectivity index (χ0) is 4.50. The van der Waals surface area contributed by atoms with Crippen LogP contribution in [0.25, 0.3) is 0 Å². The molecule has 0 spiro atoms. The number of quaternary nitrogens is 1. The molecule has 5 heavy (non-hydrogen) atoms. The molecule has 5 heteroatoms. The van der Waals surface area contributed by atoms with Crippen molar-refractivity contribution in [3.63, 3.8) is 0 Å². The summed E-state index contributed by atoms with van der Waals surface area (Å²) in [5.41, 5.74) is 0. The van der Waals surface area contributed by atoms with E-state index in [-0.39, 0.29) is 0 Å². The SMILES string of the molecule is [O-][N+](O)(O)S. The lowest BCUT2D eigenvalue weighted by atomic mass is 13.0. The van der Waals surface area contributed by atoms with E-state index in [4.69, 9.17) is 15.6 Å². The van der Waals surface area contributed by atoms with Crippen molar-refractivity contribution in [3.8, 4) is 0 Å². The van der Waals surface area contributed by atoms with Gasteiger partial charge in [-0.3, -0.25) is 0 Å². The lowest BCUT2D eigenvalue weighted by molar-refractivity contribution is -1.11. The zero-order valence-electron chi connectivity index (χ0n) is 2.20. The quantitative estimate of drug-likeness (QED) is 0.225. The number of nitrogens with zero attached hydrogens (tertiary/aromatic N) is 1. The van der Waals surface area contributed by atoms with Gasteiger partial charge in [0.1, 0.15) is 12.8 Å². The van der Waals surface area contributed by atoms with Gasteiger partial charge in [0, 0.05) is 0 Å². The fourth-order valence-electron chi connectivity index (χ4n) is 0. The molecule has 0 aromatic rings. The van der Waals surface area contributed by atoms with Crippen molar-refractivity contribution in [3.05, 3.63) is 5.21 Å². The van der Waals surface area contributed by atoms with E-state index >= 15 is 0 Å². The van der Waals surface area contributed by atoms with Crippen LogP contribution in [0.15, 0.2) is 0 Å². The minimum atomic E-state index is -2.56. The highest BCUT2D eigenvalue weighted by atomic mass is 32.1. The molecule has 0 rings (SSSR count). The molecule has 0 amide bonds. The maximum atomic E-state index is 9.02. The van der Waals surface area contributed by atoms with Crippen LogP contribution in [0.3, 0.4) is 0 Å². The van der Waals surface area contributed by atoms with E-state index in [2.05, 4.69) is 12.8 Å². The molecular formula is H3NO3S. The van der Waals surface area contributed by atoms with Crippen LogP contribution in [0.4, 0.5) is 0 Å². The third-order valence-corrected chi connectivity index (χ3v) is 0. The molecule has 0 fully saturated rings. The van der Waals surface area contributed by atoms with Crippen LogP contribution in [-0.2, 0) is 0 Å². The summed E-state index contributed by atoms with van der Waals surface area (Å²) in [5.74, 6) is 0. The highest BCUT2D eigenvalue weighted by molar-refractivity contribution is 7.73. The average Bonchev–Trinajstić information content (AvgIpc) is 0.722. The Morgan fingerprint density at radius 3 is 1.60 bits per heavy atom. The van der Waals surface area contributed by atoms with Gasteiger partial charge in [0.25, 0.3) is 0 Å². The fraction of sp³-hybridized carbons (Fsp3) is 0. The lowest BCUT2D eigenvalue weighted by Gasteiger charge is -2.12. The summed E-state index contributed by atoms with van der Waals surface area (Å²) in [6, 6.07) is 0. The van der Waals surface area contributed by atoms with Gasteiger partial charge < -0.3 is 5.21 Å². The van der Waals surface area contributed by atoms with Crippen LogP contribution < -0.4 is 0 Å². The Balaban J connectivity index is 3.02.